The van der Waals surface area contributed by atoms with E-state index in [9.17, 15) is 14.4 Å². The number of aromatic nitrogens is 1. The van der Waals surface area contributed by atoms with Crippen LogP contribution in [0, 0.1) is 0 Å². The number of rotatable bonds is 4. The van der Waals surface area contributed by atoms with Crippen molar-refractivity contribution >= 4 is 50.3 Å². The first-order chi connectivity index (χ1) is 18.5. The van der Waals surface area contributed by atoms with Gasteiger partial charge < -0.3 is 9.64 Å². The Morgan fingerprint density at radius 3 is 2.64 bits per heavy atom. The molecule has 1 N–H and O–H groups in total. The van der Waals surface area contributed by atoms with Gasteiger partial charge in [-0.3, -0.25) is 29.7 Å². The van der Waals surface area contributed by atoms with E-state index < -0.39 is 17.2 Å². The largest absolute Gasteiger partial charge is 0.444 e. The monoisotopic (exact) mass is 554 g/mol. The molecule has 2 aromatic rings. The summed E-state index contributed by atoms with van der Waals surface area (Å²) in [6.45, 7) is 12.8. The first-order valence-electron chi connectivity index (χ1n) is 13.8. The second-order valence-corrected chi connectivity index (χ2v) is 12.6. The minimum absolute atomic E-state index is 0.112. The number of carbonyl (C=O) groups excluding carboxylic acids is 3. The molecule has 0 bridgehead atoms. The lowest BCUT2D eigenvalue weighted by Gasteiger charge is -2.44. The van der Waals surface area contributed by atoms with E-state index in [0.717, 1.165) is 43.4 Å². The molecule has 0 aromatic carbocycles. The summed E-state index contributed by atoms with van der Waals surface area (Å²) in [6.07, 6.45) is 4.47. The van der Waals surface area contributed by atoms with E-state index >= 15 is 0 Å². The van der Waals surface area contributed by atoms with Gasteiger partial charge in [0.2, 0.25) is 0 Å². The number of hydrogen-bond donors (Lipinski definition) is 1. The molecule has 2 aromatic heterocycles. The highest BCUT2D eigenvalue weighted by Crippen LogP contribution is 2.37. The summed E-state index contributed by atoms with van der Waals surface area (Å²) in [5.74, 6) is 0.833. The first-order valence-corrected chi connectivity index (χ1v) is 14.6. The van der Waals surface area contributed by atoms with Gasteiger partial charge >= 0.3 is 6.09 Å². The Kier molecular flexibility index (Phi) is 7.41. The maximum Gasteiger partial charge on any atom is 0.412 e. The fraction of sp³-hybridized carbons (Fsp3) is 0.607. The van der Waals surface area contributed by atoms with Crippen LogP contribution in [0.4, 0.5) is 9.80 Å². The molecule has 3 aliphatic rings. The van der Waals surface area contributed by atoms with Gasteiger partial charge in [-0.1, -0.05) is 11.3 Å². The Balaban J connectivity index is 1.28. The van der Waals surface area contributed by atoms with E-state index in [1.807, 2.05) is 24.8 Å². The molecule has 5 heterocycles. The predicted octanol–water partition coefficient (Wildman–Crippen LogP) is 4.36. The number of nitrogens with zero attached hydrogens (tertiary/aromatic N) is 5. The molecular weight excluding hydrogens is 516 g/mol. The Bertz CT molecular complexity index is 1310. The molecule has 2 fully saturated rings. The van der Waals surface area contributed by atoms with Crippen molar-refractivity contribution in [3.05, 3.63) is 23.9 Å². The second-order valence-electron chi connectivity index (χ2n) is 11.6. The van der Waals surface area contributed by atoms with Crippen LogP contribution in [0.5, 0.6) is 0 Å². The molecule has 210 valence electrons. The van der Waals surface area contributed by atoms with Crippen LogP contribution in [0.15, 0.2) is 23.3 Å². The van der Waals surface area contributed by atoms with E-state index in [0.29, 0.717) is 47.6 Å². The van der Waals surface area contributed by atoms with Gasteiger partial charge in [-0.15, -0.1) is 0 Å². The third kappa shape index (κ3) is 5.38. The minimum atomic E-state index is -0.657. The molecule has 3 amide bonds. The van der Waals surface area contributed by atoms with Crippen molar-refractivity contribution in [2.45, 2.75) is 77.5 Å². The van der Waals surface area contributed by atoms with E-state index in [1.54, 1.807) is 37.9 Å². The highest BCUT2D eigenvalue weighted by atomic mass is 32.1. The van der Waals surface area contributed by atoms with E-state index in [1.165, 1.54) is 11.3 Å². The van der Waals surface area contributed by atoms with Gasteiger partial charge in [-0.2, -0.15) is 0 Å². The summed E-state index contributed by atoms with van der Waals surface area (Å²) in [5, 5.41) is 3.98. The Hall–Kier alpha value is -3.05. The van der Waals surface area contributed by atoms with Crippen molar-refractivity contribution in [3.63, 3.8) is 0 Å². The van der Waals surface area contributed by atoms with Gasteiger partial charge in [0, 0.05) is 43.8 Å². The molecule has 1 unspecified atom stereocenters. The number of thiophene rings is 1. The molecule has 11 heteroatoms. The van der Waals surface area contributed by atoms with E-state index in [4.69, 9.17) is 9.73 Å². The van der Waals surface area contributed by atoms with Crippen molar-refractivity contribution in [1.29, 1.82) is 0 Å². The fourth-order valence-corrected chi connectivity index (χ4v) is 7.08. The SMILES string of the molecule is CCN1C(=O)C2(CCCN(C3CCN(C(=O)c4c(NC(=O)OC(C)(C)C)sc5ncccc45)CC3)C2)N=C1C. The molecule has 2 saturated heterocycles. The number of pyridine rings is 1. The highest BCUT2D eigenvalue weighted by molar-refractivity contribution is 7.23. The number of ether oxygens (including phenoxy) is 1. The normalized spacial score (nSPS) is 23.0. The third-order valence-corrected chi connectivity index (χ3v) is 8.82. The lowest BCUT2D eigenvalue weighted by Crippen LogP contribution is -2.57. The molecule has 0 aliphatic carbocycles. The van der Waals surface area contributed by atoms with Crippen LogP contribution in [-0.2, 0) is 9.53 Å². The molecule has 0 radical (unpaired) electrons. The zero-order valence-corrected chi connectivity index (χ0v) is 24.3. The van der Waals surface area contributed by atoms with Crippen LogP contribution in [0.3, 0.4) is 0 Å². The quantitative estimate of drug-likeness (QED) is 0.602. The van der Waals surface area contributed by atoms with Crippen LogP contribution in [0.25, 0.3) is 10.2 Å². The maximum absolute atomic E-state index is 13.8. The second kappa shape index (κ2) is 10.5. The van der Waals surface area contributed by atoms with Crippen molar-refractivity contribution in [2.75, 3.05) is 38.0 Å². The predicted molar refractivity (Wildman–Crippen MR) is 152 cm³/mol. The van der Waals surface area contributed by atoms with Gasteiger partial charge in [0.15, 0.2) is 5.54 Å². The summed E-state index contributed by atoms with van der Waals surface area (Å²) in [5.41, 5.74) is -0.846. The number of hydrogen-bond acceptors (Lipinski definition) is 8. The molecule has 1 atom stereocenters. The van der Waals surface area contributed by atoms with Crippen LogP contribution < -0.4 is 5.32 Å². The van der Waals surface area contributed by atoms with Crippen LogP contribution in [0.2, 0.25) is 0 Å². The number of amidine groups is 1. The average molecular weight is 555 g/mol. The van der Waals surface area contributed by atoms with E-state index in [-0.39, 0.29) is 11.8 Å². The molecule has 0 saturated carbocycles. The molecule has 39 heavy (non-hydrogen) atoms. The summed E-state index contributed by atoms with van der Waals surface area (Å²) in [6, 6.07) is 3.97. The number of aliphatic imine (C=N–C) groups is 1. The molecule has 3 aliphatic heterocycles. The number of anilines is 1. The molecule has 1 spiro atoms. The van der Waals surface area contributed by atoms with Crippen LogP contribution in [-0.4, -0.2) is 93.3 Å². The average Bonchev–Trinajstić information content (AvgIpc) is 3.35. The van der Waals surface area contributed by atoms with Crippen molar-refractivity contribution in [3.8, 4) is 0 Å². The number of likely N-dealkylation sites (tertiary alicyclic amines) is 2. The number of amides is 3. The number of carbonyl (C=O) groups is 3. The Labute approximate surface area is 233 Å². The molecule has 5 rings (SSSR count). The summed E-state index contributed by atoms with van der Waals surface area (Å²) < 4.78 is 5.44. The number of fused-ring (bicyclic) bond motifs is 1. The summed E-state index contributed by atoms with van der Waals surface area (Å²) in [7, 11) is 0. The summed E-state index contributed by atoms with van der Waals surface area (Å²) in [4.78, 5) is 55.6. The smallest absolute Gasteiger partial charge is 0.412 e. The van der Waals surface area contributed by atoms with Gasteiger partial charge in [0.05, 0.1) is 5.56 Å². The summed E-state index contributed by atoms with van der Waals surface area (Å²) >= 11 is 1.28. The zero-order valence-electron chi connectivity index (χ0n) is 23.5. The van der Waals surface area contributed by atoms with Gasteiger partial charge in [0.25, 0.3) is 11.8 Å². The standard InChI is InChI=1S/C28H38N6O4S/c1-6-34-18(2)31-28(25(34)36)12-8-14-33(17-28)19-10-15-32(16-11-19)24(35)21-20-9-7-13-29-22(20)39-23(21)30-26(37)38-27(3,4)5/h7,9,13,19H,6,8,10-12,14-17H2,1-5H3,(H,30,37). The topological polar surface area (TPSA) is 107 Å². The lowest BCUT2D eigenvalue weighted by atomic mass is 9.87. The van der Waals surface area contributed by atoms with E-state index in [2.05, 4.69) is 15.2 Å². The molecular formula is C28H38N6O4S. The number of likely N-dealkylation sites (N-methyl/N-ethyl adjacent to an activating group) is 1. The number of piperidine rings is 2. The minimum Gasteiger partial charge on any atom is -0.444 e. The number of nitrogens with one attached hydrogen (secondary N) is 1. The van der Waals surface area contributed by atoms with Crippen LogP contribution in [0.1, 0.15) is 70.7 Å². The Morgan fingerprint density at radius 2 is 1.97 bits per heavy atom. The van der Waals surface area contributed by atoms with Gasteiger partial charge in [0.1, 0.15) is 21.3 Å². The van der Waals surface area contributed by atoms with Crippen molar-refractivity contribution < 1.29 is 19.1 Å². The van der Waals surface area contributed by atoms with Crippen LogP contribution >= 0.6 is 11.3 Å². The first kappa shape index (κ1) is 27.5. The van der Waals surface area contributed by atoms with Crippen molar-refractivity contribution in [1.82, 2.24) is 19.7 Å². The third-order valence-electron chi connectivity index (χ3n) is 7.79. The molecule has 10 nitrogen and oxygen atoms in total. The van der Waals surface area contributed by atoms with Crippen molar-refractivity contribution in [2.24, 2.45) is 4.99 Å². The van der Waals surface area contributed by atoms with Gasteiger partial charge in [-0.25, -0.2) is 9.78 Å². The van der Waals surface area contributed by atoms with Gasteiger partial charge in [-0.05, 0) is 79.0 Å². The zero-order chi connectivity index (χ0) is 27.9. The Morgan fingerprint density at radius 1 is 1.23 bits per heavy atom. The fourth-order valence-electron chi connectivity index (χ4n) is 6.06. The highest BCUT2D eigenvalue weighted by Gasteiger charge is 2.50. The lowest BCUT2D eigenvalue weighted by molar-refractivity contribution is -0.133. The maximum atomic E-state index is 13.8.